The molecule has 10 heteroatoms. The van der Waals surface area contributed by atoms with E-state index in [9.17, 15) is 14.0 Å². The predicted molar refractivity (Wildman–Crippen MR) is 122 cm³/mol. The summed E-state index contributed by atoms with van der Waals surface area (Å²) in [7, 11) is 0. The van der Waals surface area contributed by atoms with Crippen LogP contribution in [-0.4, -0.2) is 63.2 Å². The lowest BCUT2D eigenvalue weighted by molar-refractivity contribution is -0.130. The zero-order valence-corrected chi connectivity index (χ0v) is 18.7. The lowest BCUT2D eigenvalue weighted by Crippen LogP contribution is -2.43. The number of rotatable bonds is 4. The van der Waals surface area contributed by atoms with Crippen molar-refractivity contribution in [1.82, 2.24) is 25.1 Å². The Labute approximate surface area is 194 Å². The number of carbonyl (C=O) groups excluding carboxylic acids is 2. The maximum absolute atomic E-state index is 14.4. The molecule has 2 fully saturated rings. The molecule has 2 aromatic rings. The molecule has 0 spiro atoms. The van der Waals surface area contributed by atoms with Gasteiger partial charge >= 0.3 is 6.03 Å². The Hall–Kier alpha value is -3.20. The van der Waals surface area contributed by atoms with Crippen molar-refractivity contribution in [3.05, 3.63) is 51.6 Å². The summed E-state index contributed by atoms with van der Waals surface area (Å²) in [5, 5.41) is 4.47. The number of aromatic nitrogens is 2. The highest BCUT2D eigenvalue weighted by molar-refractivity contribution is 6.30. The van der Waals surface area contributed by atoms with E-state index in [1.165, 1.54) is 12.1 Å². The SMILES string of the molecule is O=C(CN=C1NC(=O)N(C2C=c3[nH]cnc3=CC2)C1c1ccc(Cl)c(F)c1)N1CCCCC1. The number of likely N-dealkylation sites (tertiary alicyclic amines) is 1. The summed E-state index contributed by atoms with van der Waals surface area (Å²) >= 11 is 5.90. The normalized spacial score (nSPS) is 23.7. The van der Waals surface area contributed by atoms with Crippen LogP contribution in [0.15, 0.2) is 29.5 Å². The summed E-state index contributed by atoms with van der Waals surface area (Å²) in [6.45, 7) is 1.39. The van der Waals surface area contributed by atoms with E-state index in [1.54, 1.807) is 17.3 Å². The number of urea groups is 1. The number of nitrogens with one attached hydrogen (secondary N) is 2. The number of carbonyl (C=O) groups is 2. The number of imidazole rings is 1. The monoisotopic (exact) mass is 470 g/mol. The molecule has 33 heavy (non-hydrogen) atoms. The van der Waals surface area contributed by atoms with Crippen LogP contribution in [0.4, 0.5) is 9.18 Å². The zero-order valence-electron chi connectivity index (χ0n) is 17.9. The summed E-state index contributed by atoms with van der Waals surface area (Å²) in [5.41, 5.74) is 0.531. The molecule has 0 radical (unpaired) electrons. The summed E-state index contributed by atoms with van der Waals surface area (Å²) in [6, 6.07) is 3.14. The molecule has 2 atom stereocenters. The van der Waals surface area contributed by atoms with Crippen LogP contribution in [0.2, 0.25) is 5.02 Å². The van der Waals surface area contributed by atoms with Gasteiger partial charge in [-0.05, 0) is 49.5 Å². The molecule has 2 aliphatic heterocycles. The number of amides is 3. The molecule has 1 aliphatic carbocycles. The fourth-order valence-electron chi connectivity index (χ4n) is 4.65. The first-order chi connectivity index (χ1) is 16.0. The predicted octanol–water partition coefficient (Wildman–Crippen LogP) is 1.71. The average Bonchev–Trinajstić information content (AvgIpc) is 3.43. The molecule has 172 valence electrons. The van der Waals surface area contributed by atoms with Gasteiger partial charge in [0.05, 0.1) is 28.1 Å². The van der Waals surface area contributed by atoms with E-state index < -0.39 is 11.9 Å². The van der Waals surface area contributed by atoms with Gasteiger partial charge < -0.3 is 14.8 Å². The van der Waals surface area contributed by atoms with Crippen molar-refractivity contribution in [2.75, 3.05) is 19.6 Å². The molecular weight excluding hydrogens is 447 g/mol. The third-order valence-electron chi connectivity index (χ3n) is 6.33. The van der Waals surface area contributed by atoms with Crippen molar-refractivity contribution < 1.29 is 14.0 Å². The first-order valence-electron chi connectivity index (χ1n) is 11.1. The minimum absolute atomic E-state index is 0.000937. The van der Waals surface area contributed by atoms with Crippen LogP contribution in [0.1, 0.15) is 37.3 Å². The second-order valence-electron chi connectivity index (χ2n) is 8.43. The van der Waals surface area contributed by atoms with Crippen LogP contribution in [-0.2, 0) is 4.79 Å². The van der Waals surface area contributed by atoms with E-state index in [2.05, 4.69) is 20.3 Å². The van der Waals surface area contributed by atoms with Gasteiger partial charge in [-0.2, -0.15) is 0 Å². The van der Waals surface area contributed by atoms with E-state index in [1.807, 2.05) is 17.1 Å². The highest BCUT2D eigenvalue weighted by atomic mass is 35.5. The maximum Gasteiger partial charge on any atom is 0.324 e. The van der Waals surface area contributed by atoms with Gasteiger partial charge in [-0.25, -0.2) is 14.2 Å². The van der Waals surface area contributed by atoms with Crippen molar-refractivity contribution in [3.63, 3.8) is 0 Å². The van der Waals surface area contributed by atoms with Gasteiger partial charge in [0.1, 0.15) is 24.2 Å². The molecule has 2 saturated heterocycles. The lowest BCUT2D eigenvalue weighted by atomic mass is 10.0. The van der Waals surface area contributed by atoms with Crippen LogP contribution in [0.5, 0.6) is 0 Å². The van der Waals surface area contributed by atoms with Crippen LogP contribution < -0.4 is 16.0 Å². The highest BCUT2D eigenvalue weighted by Crippen LogP contribution is 2.32. The molecule has 0 bridgehead atoms. The van der Waals surface area contributed by atoms with Crippen LogP contribution in [0.25, 0.3) is 12.2 Å². The zero-order chi connectivity index (χ0) is 22.9. The number of piperidine rings is 1. The number of H-pyrrole nitrogens is 1. The van der Waals surface area contributed by atoms with Crippen molar-refractivity contribution in [2.45, 2.75) is 37.8 Å². The molecule has 0 saturated carbocycles. The molecule has 5 rings (SSSR count). The number of aromatic amines is 1. The van der Waals surface area contributed by atoms with Gasteiger partial charge in [-0.1, -0.05) is 23.7 Å². The Morgan fingerprint density at radius 1 is 1.27 bits per heavy atom. The van der Waals surface area contributed by atoms with Gasteiger partial charge in [-0.15, -0.1) is 0 Å². The van der Waals surface area contributed by atoms with Crippen molar-refractivity contribution in [1.29, 1.82) is 0 Å². The average molecular weight is 471 g/mol. The third-order valence-corrected chi connectivity index (χ3v) is 6.63. The quantitative estimate of drug-likeness (QED) is 0.712. The van der Waals surface area contributed by atoms with Crippen molar-refractivity contribution >= 4 is 41.5 Å². The Kier molecular flexibility index (Phi) is 5.88. The Bertz CT molecular complexity index is 1240. The van der Waals surface area contributed by atoms with E-state index in [4.69, 9.17) is 11.6 Å². The molecular formula is C23H24ClFN6O2. The van der Waals surface area contributed by atoms with E-state index >= 15 is 0 Å². The standard InChI is InChI=1S/C23H24ClFN6O2/c24-16-6-4-14(10-17(16)25)21-22(26-12-20(32)30-8-2-1-3-9-30)29-23(33)31(21)15-5-7-18-19(11-15)28-13-27-18/h4,6-7,10-11,13,15,21H,1-3,5,8-9,12H2,(H,27,28)(H,26,29,33). The highest BCUT2D eigenvalue weighted by Gasteiger charge is 2.41. The van der Waals surface area contributed by atoms with Gasteiger partial charge in [0.2, 0.25) is 5.91 Å². The van der Waals surface area contributed by atoms with Crippen LogP contribution in [0.3, 0.4) is 0 Å². The second-order valence-corrected chi connectivity index (χ2v) is 8.84. The van der Waals surface area contributed by atoms with Gasteiger partial charge in [-0.3, -0.25) is 15.1 Å². The Morgan fingerprint density at radius 2 is 2.09 bits per heavy atom. The number of aliphatic imine (C=N–C) groups is 1. The fourth-order valence-corrected chi connectivity index (χ4v) is 4.77. The molecule has 2 unspecified atom stereocenters. The molecule has 8 nitrogen and oxygen atoms in total. The molecule has 3 aliphatic rings. The molecule has 3 heterocycles. The Balaban J connectivity index is 1.48. The second kappa shape index (κ2) is 8.97. The van der Waals surface area contributed by atoms with Gasteiger partial charge in [0, 0.05) is 13.1 Å². The first-order valence-corrected chi connectivity index (χ1v) is 11.5. The Morgan fingerprint density at radius 3 is 2.88 bits per heavy atom. The number of benzene rings is 1. The molecule has 1 aromatic heterocycles. The smallest absolute Gasteiger partial charge is 0.324 e. The minimum Gasteiger partial charge on any atom is -0.345 e. The number of halogens is 2. The van der Waals surface area contributed by atoms with Crippen LogP contribution in [0, 0.1) is 5.82 Å². The minimum atomic E-state index is -0.669. The lowest BCUT2D eigenvalue weighted by Gasteiger charge is -2.30. The van der Waals surface area contributed by atoms with Gasteiger partial charge in [0.25, 0.3) is 0 Å². The number of amidine groups is 1. The largest absolute Gasteiger partial charge is 0.345 e. The van der Waals surface area contributed by atoms with Crippen molar-refractivity contribution in [3.8, 4) is 0 Å². The summed E-state index contributed by atoms with van der Waals surface area (Å²) in [4.78, 5) is 41.0. The maximum atomic E-state index is 14.4. The number of hydrogen-bond acceptors (Lipinski definition) is 4. The summed E-state index contributed by atoms with van der Waals surface area (Å²) in [6.07, 6.45) is 9.15. The first kappa shape index (κ1) is 21.6. The molecule has 2 N–H and O–H groups in total. The molecule has 1 aromatic carbocycles. The summed E-state index contributed by atoms with van der Waals surface area (Å²) in [5.74, 6) is -0.321. The van der Waals surface area contributed by atoms with Crippen molar-refractivity contribution in [2.24, 2.45) is 4.99 Å². The van der Waals surface area contributed by atoms with E-state index in [0.29, 0.717) is 17.8 Å². The number of nitrogens with zero attached hydrogens (tertiary/aromatic N) is 4. The fraction of sp³-hybridized carbons (Fsp3) is 0.391. The third kappa shape index (κ3) is 4.25. The van der Waals surface area contributed by atoms with Gasteiger partial charge in [0.15, 0.2) is 0 Å². The number of hydrogen-bond donors (Lipinski definition) is 2. The van der Waals surface area contributed by atoms with E-state index in [0.717, 1.165) is 43.1 Å². The van der Waals surface area contributed by atoms with E-state index in [-0.39, 0.29) is 29.5 Å². The molecule has 3 amide bonds. The topological polar surface area (TPSA) is 93.7 Å². The number of fused-ring (bicyclic) bond motifs is 1. The summed E-state index contributed by atoms with van der Waals surface area (Å²) < 4.78 is 14.4. The van der Waals surface area contributed by atoms with Crippen LogP contribution >= 0.6 is 11.6 Å².